The molecule has 0 aliphatic heterocycles. The van der Waals surface area contributed by atoms with Crippen molar-refractivity contribution < 1.29 is 14.9 Å². The molecule has 0 aliphatic carbocycles. The number of unbranched alkanes of at least 4 members (excludes halogenated alkanes) is 3. The highest BCUT2D eigenvalue weighted by Crippen LogP contribution is 1.95. The second-order valence-electron chi connectivity index (χ2n) is 2.94. The molecule has 0 radical (unpaired) electrons. The molecule has 0 heterocycles. The van der Waals surface area contributed by atoms with Crippen LogP contribution in [0.15, 0.2) is 0 Å². The van der Waals surface area contributed by atoms with E-state index in [2.05, 4.69) is 13.8 Å². The summed E-state index contributed by atoms with van der Waals surface area (Å²) >= 11 is 0. The topological polar surface area (TPSA) is 49.7 Å². The summed E-state index contributed by atoms with van der Waals surface area (Å²) in [6, 6.07) is 0. The Morgan fingerprint density at radius 1 is 0.733 bits per heavy atom. The zero-order valence-corrected chi connectivity index (χ0v) is 11.0. The molecular formula is C12H30O3. The number of hydrogen-bond acceptors (Lipinski definition) is 3. The van der Waals surface area contributed by atoms with E-state index in [-0.39, 0.29) is 13.2 Å². The molecule has 96 valence electrons. The summed E-state index contributed by atoms with van der Waals surface area (Å²) in [7, 11) is 0. The summed E-state index contributed by atoms with van der Waals surface area (Å²) in [5.41, 5.74) is 0. The fourth-order valence-electron chi connectivity index (χ4n) is 0.704. The molecule has 0 saturated carbocycles. The predicted octanol–water partition coefficient (Wildman–Crippen LogP) is 2.60. The molecule has 3 heteroatoms. The summed E-state index contributed by atoms with van der Waals surface area (Å²) in [5.74, 6) is 0. The quantitative estimate of drug-likeness (QED) is 0.679. The fourth-order valence-corrected chi connectivity index (χ4v) is 0.704. The zero-order chi connectivity index (χ0) is 12.4. The van der Waals surface area contributed by atoms with Gasteiger partial charge in [-0.2, -0.15) is 0 Å². The van der Waals surface area contributed by atoms with Gasteiger partial charge in [0.2, 0.25) is 0 Å². The Morgan fingerprint density at radius 3 is 1.13 bits per heavy atom. The molecule has 0 atom stereocenters. The normalized spacial score (nSPS) is 8.40. The highest BCUT2D eigenvalue weighted by molar-refractivity contribution is 4.31. The van der Waals surface area contributed by atoms with Crippen molar-refractivity contribution in [3.8, 4) is 0 Å². The standard InChI is InChI=1S/C6H14.C4H10O.C2H6O2/c1-3-5-6-4-2;1-3-5-4-2;3-1-2-4/h3-6H2,1-2H3;3-4H2,1-2H3;3-4H,1-2H2. The van der Waals surface area contributed by atoms with Crippen LogP contribution in [-0.4, -0.2) is 36.6 Å². The Hall–Kier alpha value is -0.120. The summed E-state index contributed by atoms with van der Waals surface area (Å²) in [6.07, 6.45) is 5.54. The van der Waals surface area contributed by atoms with E-state index in [1.165, 1.54) is 25.7 Å². The predicted molar refractivity (Wildman–Crippen MR) is 66.2 cm³/mol. The smallest absolute Gasteiger partial charge is 0.0662 e. The molecule has 0 aliphatic rings. The minimum absolute atomic E-state index is 0.125. The summed E-state index contributed by atoms with van der Waals surface area (Å²) < 4.78 is 4.83. The molecule has 2 N–H and O–H groups in total. The molecule has 0 rings (SSSR count). The van der Waals surface area contributed by atoms with Crippen LogP contribution in [-0.2, 0) is 4.74 Å². The number of hydrogen-bond donors (Lipinski definition) is 2. The summed E-state index contributed by atoms with van der Waals surface area (Å²) in [5, 5.41) is 15.2. The van der Waals surface area contributed by atoms with Crippen LogP contribution in [0.1, 0.15) is 53.4 Å². The third-order valence-corrected chi connectivity index (χ3v) is 1.47. The van der Waals surface area contributed by atoms with Gasteiger partial charge in [-0.05, 0) is 13.8 Å². The van der Waals surface area contributed by atoms with Crippen molar-refractivity contribution in [3.05, 3.63) is 0 Å². The molecule has 3 nitrogen and oxygen atoms in total. The van der Waals surface area contributed by atoms with E-state index >= 15 is 0 Å². The van der Waals surface area contributed by atoms with Crippen molar-refractivity contribution in [1.82, 2.24) is 0 Å². The lowest BCUT2D eigenvalue weighted by Gasteiger charge is -1.86. The van der Waals surface area contributed by atoms with Gasteiger partial charge in [0.05, 0.1) is 13.2 Å². The molecular weight excluding hydrogens is 192 g/mol. The first kappa shape index (κ1) is 20.3. The van der Waals surface area contributed by atoms with Gasteiger partial charge in [-0.1, -0.05) is 39.5 Å². The summed E-state index contributed by atoms with van der Waals surface area (Å²) in [4.78, 5) is 0. The van der Waals surface area contributed by atoms with E-state index in [1.807, 2.05) is 13.8 Å². The molecule has 0 saturated heterocycles. The lowest BCUT2D eigenvalue weighted by molar-refractivity contribution is 0.162. The molecule has 0 aromatic carbocycles. The number of aliphatic hydroxyl groups is 2. The van der Waals surface area contributed by atoms with Crippen LogP contribution >= 0.6 is 0 Å². The molecule has 15 heavy (non-hydrogen) atoms. The van der Waals surface area contributed by atoms with Crippen molar-refractivity contribution in [2.75, 3.05) is 26.4 Å². The van der Waals surface area contributed by atoms with Gasteiger partial charge in [0.25, 0.3) is 0 Å². The second-order valence-corrected chi connectivity index (χ2v) is 2.94. The van der Waals surface area contributed by atoms with Gasteiger partial charge < -0.3 is 14.9 Å². The molecule has 0 unspecified atom stereocenters. The van der Waals surface area contributed by atoms with Gasteiger partial charge in [0.15, 0.2) is 0 Å². The van der Waals surface area contributed by atoms with E-state index in [1.54, 1.807) is 0 Å². The van der Waals surface area contributed by atoms with Crippen molar-refractivity contribution in [1.29, 1.82) is 0 Å². The first-order chi connectivity index (χ1) is 7.24. The van der Waals surface area contributed by atoms with E-state index in [0.29, 0.717) is 0 Å². The lowest BCUT2D eigenvalue weighted by atomic mass is 10.2. The highest BCUT2D eigenvalue weighted by atomic mass is 16.5. The minimum Gasteiger partial charge on any atom is -0.394 e. The van der Waals surface area contributed by atoms with Gasteiger partial charge in [-0.25, -0.2) is 0 Å². The number of ether oxygens (including phenoxy) is 1. The SMILES string of the molecule is CCCCCC.CCOCC.OCCO. The zero-order valence-electron chi connectivity index (χ0n) is 11.0. The average molecular weight is 222 g/mol. The largest absolute Gasteiger partial charge is 0.394 e. The Labute approximate surface area is 95.5 Å². The molecule has 0 spiro atoms. The third kappa shape index (κ3) is 56.7. The van der Waals surface area contributed by atoms with E-state index < -0.39 is 0 Å². The maximum atomic E-state index is 7.62. The fraction of sp³-hybridized carbons (Fsp3) is 1.00. The Bertz CT molecular complexity index is 59.9. The average Bonchev–Trinajstić information content (AvgIpc) is 2.28. The number of rotatable bonds is 6. The van der Waals surface area contributed by atoms with Crippen LogP contribution < -0.4 is 0 Å². The monoisotopic (exact) mass is 222 g/mol. The van der Waals surface area contributed by atoms with Gasteiger partial charge >= 0.3 is 0 Å². The highest BCUT2D eigenvalue weighted by Gasteiger charge is 1.75. The first-order valence-corrected chi connectivity index (χ1v) is 6.04. The minimum atomic E-state index is -0.125. The Kier molecular flexibility index (Phi) is 39.5. The Balaban J connectivity index is -0.000000147. The van der Waals surface area contributed by atoms with Gasteiger partial charge in [0.1, 0.15) is 0 Å². The molecule has 0 aromatic heterocycles. The Morgan fingerprint density at radius 2 is 1.07 bits per heavy atom. The van der Waals surface area contributed by atoms with Crippen LogP contribution in [0.3, 0.4) is 0 Å². The van der Waals surface area contributed by atoms with Crippen LogP contribution in [0.25, 0.3) is 0 Å². The maximum absolute atomic E-state index is 7.62. The van der Waals surface area contributed by atoms with E-state index in [4.69, 9.17) is 14.9 Å². The van der Waals surface area contributed by atoms with Crippen LogP contribution in [0.2, 0.25) is 0 Å². The van der Waals surface area contributed by atoms with Gasteiger partial charge in [0, 0.05) is 13.2 Å². The molecule has 0 bridgehead atoms. The van der Waals surface area contributed by atoms with Crippen molar-refractivity contribution >= 4 is 0 Å². The lowest BCUT2D eigenvalue weighted by Crippen LogP contribution is -1.85. The van der Waals surface area contributed by atoms with Crippen molar-refractivity contribution in [2.24, 2.45) is 0 Å². The van der Waals surface area contributed by atoms with Gasteiger partial charge in [-0.15, -0.1) is 0 Å². The van der Waals surface area contributed by atoms with Crippen LogP contribution in [0, 0.1) is 0 Å². The summed E-state index contributed by atoms with van der Waals surface area (Å²) in [6.45, 7) is 9.88. The third-order valence-electron chi connectivity index (χ3n) is 1.47. The number of aliphatic hydroxyl groups excluding tert-OH is 2. The van der Waals surface area contributed by atoms with Gasteiger partial charge in [-0.3, -0.25) is 0 Å². The first-order valence-electron chi connectivity index (χ1n) is 6.04. The van der Waals surface area contributed by atoms with E-state index in [9.17, 15) is 0 Å². The van der Waals surface area contributed by atoms with Crippen LogP contribution in [0.5, 0.6) is 0 Å². The van der Waals surface area contributed by atoms with Crippen molar-refractivity contribution in [3.63, 3.8) is 0 Å². The van der Waals surface area contributed by atoms with E-state index in [0.717, 1.165) is 13.2 Å². The maximum Gasteiger partial charge on any atom is 0.0662 e. The molecule has 0 fully saturated rings. The van der Waals surface area contributed by atoms with Crippen LogP contribution in [0.4, 0.5) is 0 Å². The molecule has 0 amide bonds. The molecule has 0 aromatic rings. The second kappa shape index (κ2) is 29.2. The van der Waals surface area contributed by atoms with Crippen molar-refractivity contribution in [2.45, 2.75) is 53.4 Å².